The van der Waals surface area contributed by atoms with E-state index in [0.717, 1.165) is 19.4 Å². The highest BCUT2D eigenvalue weighted by atomic mass is 35.5. The van der Waals surface area contributed by atoms with Crippen LogP contribution in [0.1, 0.15) is 23.2 Å². The maximum atomic E-state index is 13.7. The van der Waals surface area contributed by atoms with Crippen LogP contribution < -0.4 is 10.1 Å². The summed E-state index contributed by atoms with van der Waals surface area (Å²) in [5.41, 5.74) is 0.363. The van der Waals surface area contributed by atoms with Gasteiger partial charge in [-0.2, -0.15) is 0 Å². The molecule has 1 fully saturated rings. The van der Waals surface area contributed by atoms with Crippen LogP contribution in [-0.4, -0.2) is 25.2 Å². The van der Waals surface area contributed by atoms with Crippen molar-refractivity contribution in [2.75, 3.05) is 18.5 Å². The molecular formula is C18H17ClFNO3. The number of carbonyl (C=O) groups excluding carboxylic acids is 1. The van der Waals surface area contributed by atoms with Crippen molar-refractivity contribution < 1.29 is 18.7 Å². The van der Waals surface area contributed by atoms with Crippen LogP contribution in [0.25, 0.3) is 0 Å². The summed E-state index contributed by atoms with van der Waals surface area (Å²) in [6, 6.07) is 11.0. The largest absolute Gasteiger partial charge is 0.491 e. The zero-order chi connectivity index (χ0) is 16.9. The molecule has 24 heavy (non-hydrogen) atoms. The van der Waals surface area contributed by atoms with E-state index in [9.17, 15) is 9.18 Å². The van der Waals surface area contributed by atoms with Gasteiger partial charge in [-0.1, -0.05) is 17.7 Å². The van der Waals surface area contributed by atoms with Crippen LogP contribution in [0.15, 0.2) is 42.5 Å². The van der Waals surface area contributed by atoms with E-state index in [1.165, 1.54) is 18.2 Å². The van der Waals surface area contributed by atoms with E-state index in [1.54, 1.807) is 24.3 Å². The van der Waals surface area contributed by atoms with Gasteiger partial charge in [0.25, 0.3) is 5.91 Å². The van der Waals surface area contributed by atoms with Gasteiger partial charge in [-0.05, 0) is 49.2 Å². The average molecular weight is 350 g/mol. The van der Waals surface area contributed by atoms with Crippen LogP contribution in [0.5, 0.6) is 5.75 Å². The molecule has 1 aliphatic rings. The van der Waals surface area contributed by atoms with Crippen LogP contribution in [0.2, 0.25) is 5.02 Å². The van der Waals surface area contributed by atoms with Crippen molar-refractivity contribution in [1.29, 1.82) is 0 Å². The zero-order valence-corrected chi connectivity index (χ0v) is 13.7. The lowest BCUT2D eigenvalue weighted by molar-refractivity contribution is 0.0679. The fourth-order valence-electron chi connectivity index (χ4n) is 2.51. The van der Waals surface area contributed by atoms with Crippen LogP contribution >= 0.6 is 11.6 Å². The normalized spacial score (nSPS) is 16.8. The molecule has 1 aliphatic heterocycles. The van der Waals surface area contributed by atoms with Crippen LogP contribution in [0.4, 0.5) is 10.1 Å². The summed E-state index contributed by atoms with van der Waals surface area (Å²) in [5, 5.41) is 2.69. The molecule has 1 unspecified atom stereocenters. The fraction of sp³-hybridized carbons (Fsp3) is 0.278. The number of ether oxygens (including phenoxy) is 2. The molecule has 0 aliphatic carbocycles. The molecule has 2 aromatic rings. The Labute approximate surface area is 144 Å². The van der Waals surface area contributed by atoms with Crippen molar-refractivity contribution in [3.05, 3.63) is 58.9 Å². The van der Waals surface area contributed by atoms with Gasteiger partial charge in [0.1, 0.15) is 18.2 Å². The first-order valence-corrected chi connectivity index (χ1v) is 8.11. The first-order valence-electron chi connectivity index (χ1n) is 7.73. The lowest BCUT2D eigenvalue weighted by Crippen LogP contribution is -2.16. The number of amides is 1. The quantitative estimate of drug-likeness (QED) is 0.876. The van der Waals surface area contributed by atoms with Gasteiger partial charge in [0.05, 0.1) is 16.7 Å². The van der Waals surface area contributed by atoms with Gasteiger partial charge in [-0.3, -0.25) is 4.79 Å². The smallest absolute Gasteiger partial charge is 0.260 e. The Morgan fingerprint density at radius 1 is 1.29 bits per heavy atom. The molecule has 1 amide bonds. The van der Waals surface area contributed by atoms with Crippen LogP contribution in [0, 0.1) is 5.82 Å². The number of anilines is 1. The van der Waals surface area contributed by atoms with Crippen molar-refractivity contribution in [2.24, 2.45) is 0 Å². The van der Waals surface area contributed by atoms with E-state index in [-0.39, 0.29) is 16.7 Å². The Bertz CT molecular complexity index is 694. The Hall–Kier alpha value is -2.11. The average Bonchev–Trinajstić information content (AvgIpc) is 3.07. The van der Waals surface area contributed by atoms with Gasteiger partial charge in [-0.15, -0.1) is 0 Å². The van der Waals surface area contributed by atoms with Gasteiger partial charge >= 0.3 is 0 Å². The van der Waals surface area contributed by atoms with E-state index in [0.29, 0.717) is 18.0 Å². The molecule has 1 heterocycles. The second-order valence-corrected chi connectivity index (χ2v) is 5.93. The van der Waals surface area contributed by atoms with E-state index in [1.807, 2.05) is 0 Å². The van der Waals surface area contributed by atoms with Gasteiger partial charge in [0.2, 0.25) is 0 Å². The second-order valence-electron chi connectivity index (χ2n) is 5.52. The lowest BCUT2D eigenvalue weighted by atomic mass is 10.2. The predicted molar refractivity (Wildman–Crippen MR) is 90.3 cm³/mol. The topological polar surface area (TPSA) is 47.6 Å². The van der Waals surface area contributed by atoms with Crippen LogP contribution in [0.3, 0.4) is 0 Å². The van der Waals surface area contributed by atoms with Gasteiger partial charge in [-0.25, -0.2) is 4.39 Å². The molecule has 1 saturated heterocycles. The van der Waals surface area contributed by atoms with Crippen molar-refractivity contribution >= 4 is 23.2 Å². The molecule has 1 atom stereocenters. The summed E-state index contributed by atoms with van der Waals surface area (Å²) in [4.78, 5) is 12.2. The van der Waals surface area contributed by atoms with E-state index in [4.69, 9.17) is 21.1 Å². The molecule has 2 aromatic carbocycles. The number of hydrogen-bond acceptors (Lipinski definition) is 3. The maximum Gasteiger partial charge on any atom is 0.260 e. The molecular weight excluding hydrogens is 333 g/mol. The minimum absolute atomic E-state index is 0.0732. The first kappa shape index (κ1) is 16.7. The highest BCUT2D eigenvalue weighted by Crippen LogP contribution is 2.22. The van der Waals surface area contributed by atoms with E-state index in [2.05, 4.69) is 5.32 Å². The summed E-state index contributed by atoms with van der Waals surface area (Å²) in [7, 11) is 0. The number of rotatable bonds is 5. The summed E-state index contributed by atoms with van der Waals surface area (Å²) in [5.74, 6) is -0.560. The van der Waals surface area contributed by atoms with Crippen molar-refractivity contribution in [1.82, 2.24) is 0 Å². The maximum absolute atomic E-state index is 13.7. The van der Waals surface area contributed by atoms with Crippen molar-refractivity contribution in [3.63, 3.8) is 0 Å². The molecule has 4 nitrogen and oxygen atoms in total. The molecule has 0 spiro atoms. The van der Waals surface area contributed by atoms with E-state index >= 15 is 0 Å². The number of hydrogen-bond donors (Lipinski definition) is 1. The molecule has 0 bridgehead atoms. The minimum Gasteiger partial charge on any atom is -0.491 e. The van der Waals surface area contributed by atoms with Crippen molar-refractivity contribution in [3.8, 4) is 5.75 Å². The number of carbonyl (C=O) groups is 1. The summed E-state index contributed by atoms with van der Waals surface area (Å²) in [6.07, 6.45) is 2.22. The van der Waals surface area contributed by atoms with Crippen molar-refractivity contribution in [2.45, 2.75) is 18.9 Å². The molecule has 3 rings (SSSR count). The zero-order valence-electron chi connectivity index (χ0n) is 12.9. The Morgan fingerprint density at radius 2 is 2.08 bits per heavy atom. The number of nitrogens with one attached hydrogen (secondary N) is 1. The van der Waals surface area contributed by atoms with E-state index < -0.39 is 11.7 Å². The molecule has 6 heteroatoms. The highest BCUT2D eigenvalue weighted by molar-refractivity contribution is 6.34. The lowest BCUT2D eigenvalue weighted by Gasteiger charge is -2.12. The fourth-order valence-corrected chi connectivity index (χ4v) is 2.76. The SMILES string of the molecule is O=C(Nc1ccc(OCC2CCCO2)cc1)c1c(F)cccc1Cl. The third-order valence-electron chi connectivity index (χ3n) is 3.76. The third kappa shape index (κ3) is 4.04. The summed E-state index contributed by atoms with van der Waals surface area (Å²) >= 11 is 5.89. The molecule has 0 aromatic heterocycles. The molecule has 0 saturated carbocycles. The number of benzene rings is 2. The van der Waals surface area contributed by atoms with Gasteiger partial charge in [0, 0.05) is 12.3 Å². The third-order valence-corrected chi connectivity index (χ3v) is 4.08. The molecule has 0 radical (unpaired) electrons. The Morgan fingerprint density at radius 3 is 2.75 bits per heavy atom. The summed E-state index contributed by atoms with van der Waals surface area (Å²) < 4.78 is 24.9. The van der Waals surface area contributed by atoms with Gasteiger partial charge < -0.3 is 14.8 Å². The predicted octanol–water partition coefficient (Wildman–Crippen LogP) is 4.29. The Balaban J connectivity index is 1.60. The molecule has 1 N–H and O–H groups in total. The monoisotopic (exact) mass is 349 g/mol. The minimum atomic E-state index is -0.656. The van der Waals surface area contributed by atoms with Crippen LogP contribution in [-0.2, 0) is 4.74 Å². The second kappa shape index (κ2) is 7.64. The standard InChI is InChI=1S/C18H17ClFNO3/c19-15-4-1-5-16(20)17(15)18(22)21-12-6-8-13(9-7-12)24-11-14-3-2-10-23-14/h1,4-9,14H,2-3,10-11H2,(H,21,22). The Kier molecular flexibility index (Phi) is 5.33. The highest BCUT2D eigenvalue weighted by Gasteiger charge is 2.17. The summed E-state index contributed by atoms with van der Waals surface area (Å²) in [6.45, 7) is 1.30. The molecule has 126 valence electrons. The van der Waals surface area contributed by atoms with Gasteiger partial charge in [0.15, 0.2) is 0 Å². The number of halogens is 2. The first-order chi connectivity index (χ1) is 11.6.